The zero-order valence-electron chi connectivity index (χ0n) is 20.0. The van der Waals surface area contributed by atoms with Gasteiger partial charge in [0.1, 0.15) is 30.3 Å². The molecule has 3 aromatic carbocycles. The molecule has 0 atom stereocenters. The van der Waals surface area contributed by atoms with E-state index in [0.717, 1.165) is 5.56 Å². The molecule has 0 radical (unpaired) electrons. The second kappa shape index (κ2) is 10.0. The summed E-state index contributed by atoms with van der Waals surface area (Å²) >= 11 is 0. The lowest BCUT2D eigenvalue weighted by Crippen LogP contribution is -2.30. The zero-order valence-corrected chi connectivity index (χ0v) is 20.8. The molecule has 1 fully saturated rings. The standard InChI is InChI=1S/C26H26FN3O5S/c1-26(2,10-12-28)11-13-34-20-9-8-19-14-22(35-17-18-6-4-3-5-7-18)25(24(27)21(19)15-20)30-16-23(31)29-36(30,32)33/h3-9,14-15H,10-11,13,16-17H2,1-2H3,(H,29,31). The van der Waals surface area contributed by atoms with Crippen molar-refractivity contribution in [1.82, 2.24) is 4.72 Å². The fourth-order valence-electron chi connectivity index (χ4n) is 3.86. The number of nitrogens with zero attached hydrogens (tertiary/aromatic N) is 2. The minimum absolute atomic E-state index is 0.00384. The second-order valence-corrected chi connectivity index (χ2v) is 10.9. The molecule has 1 heterocycles. The van der Waals surface area contributed by atoms with E-state index in [9.17, 15) is 13.2 Å². The molecule has 0 spiro atoms. The third-order valence-corrected chi connectivity index (χ3v) is 7.28. The molecule has 0 saturated carbocycles. The highest BCUT2D eigenvalue weighted by atomic mass is 32.2. The van der Waals surface area contributed by atoms with Crippen molar-refractivity contribution in [3.63, 3.8) is 0 Å². The first-order valence-electron chi connectivity index (χ1n) is 11.4. The van der Waals surface area contributed by atoms with Crippen LogP contribution in [0.2, 0.25) is 0 Å². The Morgan fingerprint density at radius 1 is 1.14 bits per heavy atom. The first kappa shape index (κ1) is 25.3. The number of benzene rings is 3. The quantitative estimate of drug-likeness (QED) is 0.455. The number of fused-ring (bicyclic) bond motifs is 1. The molecule has 0 aromatic heterocycles. The molecule has 3 aromatic rings. The van der Waals surface area contributed by atoms with Gasteiger partial charge in [-0.1, -0.05) is 50.2 Å². The van der Waals surface area contributed by atoms with Gasteiger partial charge in [-0.2, -0.15) is 13.7 Å². The van der Waals surface area contributed by atoms with Crippen LogP contribution in [0.3, 0.4) is 0 Å². The van der Waals surface area contributed by atoms with Crippen molar-refractivity contribution < 1.29 is 27.1 Å². The normalized spacial score (nSPS) is 14.9. The summed E-state index contributed by atoms with van der Waals surface area (Å²) in [6, 6.07) is 17.7. The number of hydrogen-bond acceptors (Lipinski definition) is 6. The van der Waals surface area contributed by atoms with Crippen LogP contribution < -0.4 is 18.5 Å². The molecule has 1 aliphatic heterocycles. The number of halogens is 1. The Bertz CT molecular complexity index is 1440. The van der Waals surface area contributed by atoms with Crippen molar-refractivity contribution in [2.45, 2.75) is 33.3 Å². The monoisotopic (exact) mass is 511 g/mol. The second-order valence-electron chi connectivity index (χ2n) is 9.33. The number of amides is 1. The number of ether oxygens (including phenoxy) is 2. The van der Waals surface area contributed by atoms with Crippen LogP contribution >= 0.6 is 0 Å². The van der Waals surface area contributed by atoms with Crippen LogP contribution in [0, 0.1) is 22.6 Å². The smallest absolute Gasteiger partial charge is 0.326 e. The predicted molar refractivity (Wildman–Crippen MR) is 133 cm³/mol. The van der Waals surface area contributed by atoms with E-state index < -0.39 is 28.5 Å². The van der Waals surface area contributed by atoms with Crippen molar-refractivity contribution in [2.24, 2.45) is 5.41 Å². The molecule has 8 nitrogen and oxygen atoms in total. The van der Waals surface area contributed by atoms with Crippen molar-refractivity contribution in [2.75, 3.05) is 17.5 Å². The summed E-state index contributed by atoms with van der Waals surface area (Å²) in [6.45, 7) is 3.78. The van der Waals surface area contributed by atoms with Crippen molar-refractivity contribution in [1.29, 1.82) is 5.26 Å². The number of nitrogens with one attached hydrogen (secondary N) is 1. The van der Waals surface area contributed by atoms with Gasteiger partial charge in [-0.3, -0.25) is 4.79 Å². The topological polar surface area (TPSA) is 109 Å². The van der Waals surface area contributed by atoms with Crippen LogP contribution in [0.1, 0.15) is 32.3 Å². The lowest BCUT2D eigenvalue weighted by atomic mass is 9.87. The number of hydrogen-bond donors (Lipinski definition) is 1. The Morgan fingerprint density at radius 2 is 1.89 bits per heavy atom. The molecular formula is C26H26FN3O5S. The molecule has 0 aliphatic carbocycles. The Morgan fingerprint density at radius 3 is 2.56 bits per heavy atom. The third kappa shape index (κ3) is 5.52. The van der Waals surface area contributed by atoms with Crippen LogP contribution in [0.15, 0.2) is 54.6 Å². The van der Waals surface area contributed by atoms with Gasteiger partial charge < -0.3 is 9.47 Å². The Balaban J connectivity index is 1.70. The van der Waals surface area contributed by atoms with E-state index in [1.807, 2.05) is 48.9 Å². The van der Waals surface area contributed by atoms with E-state index in [1.54, 1.807) is 18.2 Å². The van der Waals surface area contributed by atoms with Gasteiger partial charge in [-0.05, 0) is 41.0 Å². The Hall–Kier alpha value is -3.84. The lowest BCUT2D eigenvalue weighted by Gasteiger charge is -2.22. The van der Waals surface area contributed by atoms with Gasteiger partial charge in [0.2, 0.25) is 0 Å². The SMILES string of the molecule is CC(C)(CC#N)CCOc1ccc2cc(OCc3ccccc3)c(N3CC(=O)NS3(=O)=O)c(F)c2c1. The van der Waals surface area contributed by atoms with E-state index in [-0.39, 0.29) is 28.8 Å². The average Bonchev–Trinajstić information content (AvgIpc) is 3.10. The number of carbonyl (C=O) groups is 1. The fourth-order valence-corrected chi connectivity index (χ4v) is 5.02. The summed E-state index contributed by atoms with van der Waals surface area (Å²) in [5.41, 5.74) is 0.244. The molecule has 1 N–H and O–H groups in total. The van der Waals surface area contributed by atoms with Gasteiger partial charge in [0.15, 0.2) is 5.82 Å². The fraction of sp³-hybridized carbons (Fsp3) is 0.308. The van der Waals surface area contributed by atoms with E-state index in [2.05, 4.69) is 6.07 Å². The Labute approximate surface area is 209 Å². The summed E-state index contributed by atoms with van der Waals surface area (Å²) in [5.74, 6) is -1.21. The maximum atomic E-state index is 16.0. The van der Waals surface area contributed by atoms with E-state index >= 15 is 4.39 Å². The van der Waals surface area contributed by atoms with E-state index in [4.69, 9.17) is 14.7 Å². The minimum Gasteiger partial charge on any atom is -0.494 e. The molecule has 1 aliphatic rings. The highest BCUT2D eigenvalue weighted by Crippen LogP contribution is 2.40. The highest BCUT2D eigenvalue weighted by Gasteiger charge is 2.38. The van der Waals surface area contributed by atoms with Crippen molar-refractivity contribution in [3.05, 3.63) is 66.0 Å². The van der Waals surface area contributed by atoms with Gasteiger partial charge in [0.05, 0.1) is 12.7 Å². The highest BCUT2D eigenvalue weighted by molar-refractivity contribution is 7.92. The van der Waals surface area contributed by atoms with Crippen LogP contribution in [0.25, 0.3) is 10.8 Å². The van der Waals surface area contributed by atoms with Gasteiger partial charge in [-0.15, -0.1) is 0 Å². The molecule has 0 bridgehead atoms. The number of carbonyl (C=O) groups excluding carboxylic acids is 1. The van der Waals surface area contributed by atoms with E-state index in [1.165, 1.54) is 6.07 Å². The average molecular weight is 512 g/mol. The summed E-state index contributed by atoms with van der Waals surface area (Å²) < 4.78 is 55.3. The molecule has 0 unspecified atom stereocenters. The minimum atomic E-state index is -4.28. The number of anilines is 1. The summed E-state index contributed by atoms with van der Waals surface area (Å²) in [4.78, 5) is 11.9. The maximum absolute atomic E-state index is 16.0. The van der Waals surface area contributed by atoms with Gasteiger partial charge in [-0.25, -0.2) is 13.4 Å². The van der Waals surface area contributed by atoms with Gasteiger partial charge >= 0.3 is 10.2 Å². The first-order chi connectivity index (χ1) is 17.1. The summed E-state index contributed by atoms with van der Waals surface area (Å²) in [7, 11) is -4.28. The molecule has 4 rings (SSSR count). The number of rotatable bonds is 9. The first-order valence-corrected chi connectivity index (χ1v) is 12.8. The molecule has 1 saturated heterocycles. The van der Waals surface area contributed by atoms with E-state index in [0.29, 0.717) is 34.9 Å². The van der Waals surface area contributed by atoms with Crippen LogP contribution in [0.5, 0.6) is 11.5 Å². The van der Waals surface area contributed by atoms with Crippen molar-refractivity contribution >= 4 is 32.6 Å². The molecular weight excluding hydrogens is 485 g/mol. The van der Waals surface area contributed by atoms with Crippen LogP contribution in [-0.4, -0.2) is 27.5 Å². The van der Waals surface area contributed by atoms with Crippen LogP contribution in [-0.2, 0) is 21.6 Å². The lowest BCUT2D eigenvalue weighted by molar-refractivity contribution is -0.117. The largest absolute Gasteiger partial charge is 0.494 e. The Kier molecular flexibility index (Phi) is 7.04. The van der Waals surface area contributed by atoms with Gasteiger partial charge in [0, 0.05) is 11.8 Å². The molecule has 36 heavy (non-hydrogen) atoms. The maximum Gasteiger partial charge on any atom is 0.326 e. The predicted octanol–water partition coefficient (Wildman–Crippen LogP) is 4.45. The van der Waals surface area contributed by atoms with Gasteiger partial charge in [0.25, 0.3) is 5.91 Å². The third-order valence-electron chi connectivity index (χ3n) is 5.90. The number of nitriles is 1. The van der Waals surface area contributed by atoms with Crippen molar-refractivity contribution in [3.8, 4) is 17.6 Å². The molecule has 10 heteroatoms. The molecule has 1 amide bonds. The van der Waals surface area contributed by atoms with Crippen LogP contribution in [0.4, 0.5) is 10.1 Å². The zero-order chi connectivity index (χ0) is 25.9. The summed E-state index contributed by atoms with van der Waals surface area (Å²) in [5, 5.41) is 9.55. The summed E-state index contributed by atoms with van der Waals surface area (Å²) in [6.07, 6.45) is 1.01. The molecule has 188 valence electrons.